The lowest BCUT2D eigenvalue weighted by Gasteiger charge is -2.25. The fraction of sp³-hybridized carbons (Fsp3) is 0.348. The predicted octanol–water partition coefficient (Wildman–Crippen LogP) is 2.99. The largest absolute Gasteiger partial charge is 0.480 e. The molecule has 2 aliphatic rings. The number of aliphatic carboxylic acids is 1. The van der Waals surface area contributed by atoms with Crippen LogP contribution in [0.15, 0.2) is 48.5 Å². The molecule has 0 bridgehead atoms. The van der Waals surface area contributed by atoms with Gasteiger partial charge in [0.25, 0.3) is 0 Å². The molecule has 2 atom stereocenters. The second-order valence-electron chi connectivity index (χ2n) is 7.72. The quantitative estimate of drug-likeness (QED) is 0.793. The minimum atomic E-state index is -1.12. The van der Waals surface area contributed by atoms with Gasteiger partial charge >= 0.3 is 12.1 Å². The SMILES string of the molecule is C[C@H](NC(=O)C1CCCN1C(=O)OCC1c2ccccc2-c2ccccc21)C(=O)O. The number of rotatable bonds is 5. The number of hydrogen-bond acceptors (Lipinski definition) is 4. The van der Waals surface area contributed by atoms with Gasteiger partial charge in [-0.15, -0.1) is 0 Å². The molecule has 2 aromatic carbocycles. The van der Waals surface area contributed by atoms with Crippen molar-refractivity contribution in [2.45, 2.75) is 37.8 Å². The summed E-state index contributed by atoms with van der Waals surface area (Å²) in [5.74, 6) is -1.63. The summed E-state index contributed by atoms with van der Waals surface area (Å²) in [6, 6.07) is 14.5. The Bertz CT molecular complexity index is 944. The number of carbonyl (C=O) groups excluding carboxylic acids is 2. The van der Waals surface area contributed by atoms with E-state index in [9.17, 15) is 14.4 Å². The number of nitrogens with one attached hydrogen (secondary N) is 1. The summed E-state index contributed by atoms with van der Waals surface area (Å²) >= 11 is 0. The summed E-state index contributed by atoms with van der Waals surface area (Å²) in [6.07, 6.45) is 0.615. The van der Waals surface area contributed by atoms with E-state index in [0.717, 1.165) is 22.3 Å². The number of ether oxygens (including phenoxy) is 1. The molecule has 2 aromatic rings. The molecule has 1 aliphatic heterocycles. The van der Waals surface area contributed by atoms with Crippen molar-refractivity contribution >= 4 is 18.0 Å². The molecule has 0 aromatic heterocycles. The molecular formula is C23H24N2O5. The van der Waals surface area contributed by atoms with E-state index < -0.39 is 30.1 Å². The number of fused-ring (bicyclic) bond motifs is 3. The highest BCUT2D eigenvalue weighted by molar-refractivity contribution is 5.89. The van der Waals surface area contributed by atoms with Crippen LogP contribution in [-0.4, -0.2) is 53.2 Å². The number of benzene rings is 2. The fourth-order valence-corrected chi connectivity index (χ4v) is 4.31. The molecule has 1 heterocycles. The standard InChI is InChI=1S/C23H24N2O5/c1-14(22(27)28)24-21(26)20-11-6-12-25(20)23(29)30-13-19-17-9-4-2-7-15(17)16-8-3-5-10-18(16)19/h2-5,7-10,14,19-20H,6,11-13H2,1H3,(H,24,26)(H,27,28)/t14-,20?/m0/s1. The Labute approximate surface area is 174 Å². The molecule has 7 nitrogen and oxygen atoms in total. The van der Waals surface area contributed by atoms with Crippen molar-refractivity contribution in [3.63, 3.8) is 0 Å². The van der Waals surface area contributed by atoms with E-state index in [-0.39, 0.29) is 12.5 Å². The molecule has 1 saturated heterocycles. The van der Waals surface area contributed by atoms with Crippen molar-refractivity contribution in [3.05, 3.63) is 59.7 Å². The molecule has 1 fully saturated rings. The van der Waals surface area contributed by atoms with E-state index >= 15 is 0 Å². The minimum absolute atomic E-state index is 0.0525. The van der Waals surface area contributed by atoms with E-state index in [1.165, 1.54) is 11.8 Å². The lowest BCUT2D eigenvalue weighted by Crippen LogP contribution is -2.50. The zero-order valence-corrected chi connectivity index (χ0v) is 16.7. The molecular weight excluding hydrogens is 384 g/mol. The third-order valence-corrected chi connectivity index (χ3v) is 5.86. The third kappa shape index (κ3) is 3.63. The number of nitrogens with zero attached hydrogens (tertiary/aromatic N) is 1. The third-order valence-electron chi connectivity index (χ3n) is 5.86. The molecule has 1 unspecified atom stereocenters. The van der Waals surface area contributed by atoms with E-state index in [0.29, 0.717) is 19.4 Å². The summed E-state index contributed by atoms with van der Waals surface area (Å²) in [6.45, 7) is 1.99. The molecule has 1 aliphatic carbocycles. The summed E-state index contributed by atoms with van der Waals surface area (Å²) in [5, 5.41) is 11.4. The van der Waals surface area contributed by atoms with Gasteiger partial charge in [0.15, 0.2) is 0 Å². The first-order valence-corrected chi connectivity index (χ1v) is 10.1. The molecule has 7 heteroatoms. The number of carboxylic acids is 1. The van der Waals surface area contributed by atoms with Crippen LogP contribution in [0.5, 0.6) is 0 Å². The highest BCUT2D eigenvalue weighted by Crippen LogP contribution is 2.44. The van der Waals surface area contributed by atoms with Gasteiger partial charge in [0.2, 0.25) is 5.91 Å². The van der Waals surface area contributed by atoms with Gasteiger partial charge in [0.05, 0.1) is 0 Å². The smallest absolute Gasteiger partial charge is 0.410 e. The van der Waals surface area contributed by atoms with Crippen LogP contribution in [0.1, 0.15) is 36.8 Å². The van der Waals surface area contributed by atoms with Gasteiger partial charge in [-0.25, -0.2) is 4.79 Å². The van der Waals surface area contributed by atoms with Crippen molar-refractivity contribution in [1.29, 1.82) is 0 Å². The van der Waals surface area contributed by atoms with Crippen LogP contribution in [0.3, 0.4) is 0 Å². The van der Waals surface area contributed by atoms with E-state index in [4.69, 9.17) is 9.84 Å². The van der Waals surface area contributed by atoms with Gasteiger partial charge in [-0.3, -0.25) is 14.5 Å². The fourth-order valence-electron chi connectivity index (χ4n) is 4.31. The molecule has 0 radical (unpaired) electrons. The van der Waals surface area contributed by atoms with Crippen molar-refractivity contribution in [2.75, 3.05) is 13.2 Å². The zero-order chi connectivity index (χ0) is 21.3. The lowest BCUT2D eigenvalue weighted by molar-refractivity contribution is -0.141. The van der Waals surface area contributed by atoms with Gasteiger partial charge in [-0.1, -0.05) is 48.5 Å². The van der Waals surface area contributed by atoms with Gasteiger partial charge in [-0.2, -0.15) is 0 Å². The summed E-state index contributed by atoms with van der Waals surface area (Å²) in [4.78, 5) is 37.6. The van der Waals surface area contributed by atoms with Crippen LogP contribution in [-0.2, 0) is 14.3 Å². The van der Waals surface area contributed by atoms with Gasteiger partial charge in [0.1, 0.15) is 18.7 Å². The van der Waals surface area contributed by atoms with Crippen LogP contribution in [0, 0.1) is 0 Å². The van der Waals surface area contributed by atoms with Crippen molar-refractivity contribution in [2.24, 2.45) is 0 Å². The Morgan fingerprint density at radius 3 is 2.30 bits per heavy atom. The zero-order valence-electron chi connectivity index (χ0n) is 16.7. The topological polar surface area (TPSA) is 95.9 Å². The van der Waals surface area contributed by atoms with Crippen molar-refractivity contribution in [1.82, 2.24) is 10.2 Å². The molecule has 156 valence electrons. The molecule has 2 amide bonds. The second kappa shape index (κ2) is 8.18. The maximum Gasteiger partial charge on any atom is 0.410 e. The average molecular weight is 408 g/mol. The van der Waals surface area contributed by atoms with Crippen molar-refractivity contribution in [3.8, 4) is 11.1 Å². The average Bonchev–Trinajstić information content (AvgIpc) is 3.35. The van der Waals surface area contributed by atoms with Gasteiger partial charge < -0.3 is 15.2 Å². The number of hydrogen-bond donors (Lipinski definition) is 2. The Hall–Kier alpha value is -3.35. The Balaban J connectivity index is 1.45. The second-order valence-corrected chi connectivity index (χ2v) is 7.72. The van der Waals surface area contributed by atoms with E-state index in [1.807, 2.05) is 36.4 Å². The first-order valence-electron chi connectivity index (χ1n) is 10.1. The van der Waals surface area contributed by atoms with E-state index in [2.05, 4.69) is 17.4 Å². The molecule has 0 saturated carbocycles. The maximum absolute atomic E-state index is 12.8. The highest BCUT2D eigenvalue weighted by Gasteiger charge is 2.37. The first kappa shape index (κ1) is 19.9. The van der Waals surface area contributed by atoms with Gasteiger partial charge in [-0.05, 0) is 42.0 Å². The van der Waals surface area contributed by atoms with Crippen LogP contribution in [0.25, 0.3) is 11.1 Å². The Kier molecular flexibility index (Phi) is 5.44. The van der Waals surface area contributed by atoms with Gasteiger partial charge in [0, 0.05) is 12.5 Å². The molecule has 0 spiro atoms. The number of carboxylic acid groups (broad SMARTS) is 1. The molecule has 2 N–H and O–H groups in total. The normalized spacial score (nSPS) is 18.4. The number of carbonyl (C=O) groups is 3. The van der Waals surface area contributed by atoms with Crippen LogP contribution in [0.2, 0.25) is 0 Å². The monoisotopic (exact) mass is 408 g/mol. The predicted molar refractivity (Wildman–Crippen MR) is 110 cm³/mol. The van der Waals surface area contributed by atoms with Crippen LogP contribution < -0.4 is 5.32 Å². The maximum atomic E-state index is 12.8. The van der Waals surface area contributed by atoms with Crippen LogP contribution >= 0.6 is 0 Å². The summed E-state index contributed by atoms with van der Waals surface area (Å²) in [7, 11) is 0. The summed E-state index contributed by atoms with van der Waals surface area (Å²) < 4.78 is 5.65. The first-order chi connectivity index (χ1) is 14.5. The molecule has 30 heavy (non-hydrogen) atoms. The Morgan fingerprint density at radius 2 is 1.70 bits per heavy atom. The number of likely N-dealkylation sites (tertiary alicyclic amines) is 1. The number of amides is 2. The summed E-state index contributed by atoms with van der Waals surface area (Å²) in [5.41, 5.74) is 4.54. The van der Waals surface area contributed by atoms with Crippen LogP contribution in [0.4, 0.5) is 4.79 Å². The lowest BCUT2D eigenvalue weighted by atomic mass is 9.98. The Morgan fingerprint density at radius 1 is 1.10 bits per heavy atom. The molecule has 4 rings (SSSR count). The highest BCUT2D eigenvalue weighted by atomic mass is 16.6. The van der Waals surface area contributed by atoms with Crippen molar-refractivity contribution < 1.29 is 24.2 Å². The van der Waals surface area contributed by atoms with E-state index in [1.54, 1.807) is 0 Å². The minimum Gasteiger partial charge on any atom is -0.480 e.